The molecule has 0 bridgehead atoms. The van der Waals surface area contributed by atoms with Crippen LogP contribution < -0.4 is 10.0 Å². The van der Waals surface area contributed by atoms with Crippen LogP contribution in [-0.4, -0.2) is 48.4 Å². The van der Waals surface area contributed by atoms with Crippen LogP contribution in [0.2, 0.25) is 0 Å². The molecule has 1 aromatic heterocycles. The van der Waals surface area contributed by atoms with E-state index in [1.807, 2.05) is 0 Å². The van der Waals surface area contributed by atoms with E-state index in [0.717, 1.165) is 0 Å². The lowest BCUT2D eigenvalue weighted by atomic mass is 10.4. The molecule has 0 aliphatic carbocycles. The molecule has 1 atom stereocenters. The molecular weight excluding hydrogens is 284 g/mol. The molecular formula is C12H22N2O5S. The Morgan fingerprint density at radius 3 is 2.70 bits per heavy atom. The fourth-order valence-electron chi connectivity index (χ4n) is 1.59. The van der Waals surface area contributed by atoms with Crippen LogP contribution in [0, 0.1) is 0 Å². The quantitative estimate of drug-likeness (QED) is 0.606. The number of hydrogen-bond donors (Lipinski definition) is 2. The second kappa shape index (κ2) is 8.38. The largest absolute Gasteiger partial charge is 0.447 e. The highest BCUT2D eigenvalue weighted by Gasteiger charge is 2.21. The Labute approximate surface area is 119 Å². The number of rotatable bonds is 10. The van der Waals surface area contributed by atoms with Gasteiger partial charge in [-0.05, 0) is 19.1 Å². The fourth-order valence-corrected chi connectivity index (χ4v) is 2.77. The van der Waals surface area contributed by atoms with E-state index in [2.05, 4.69) is 10.0 Å². The molecule has 2 N–H and O–H groups in total. The van der Waals surface area contributed by atoms with Gasteiger partial charge in [0.05, 0.1) is 19.8 Å². The van der Waals surface area contributed by atoms with Crippen molar-refractivity contribution in [1.29, 1.82) is 0 Å². The summed E-state index contributed by atoms with van der Waals surface area (Å²) in [7, 11) is -0.513. The highest BCUT2D eigenvalue weighted by Crippen LogP contribution is 2.14. The first-order chi connectivity index (χ1) is 9.49. The van der Waals surface area contributed by atoms with Crippen molar-refractivity contribution in [3.05, 3.63) is 17.9 Å². The van der Waals surface area contributed by atoms with Gasteiger partial charge < -0.3 is 19.2 Å². The number of hydrogen-bond acceptors (Lipinski definition) is 6. The van der Waals surface area contributed by atoms with Crippen molar-refractivity contribution in [3.8, 4) is 0 Å². The first kappa shape index (κ1) is 17.1. The molecule has 1 rings (SSSR count). The van der Waals surface area contributed by atoms with E-state index in [1.54, 1.807) is 20.1 Å². The van der Waals surface area contributed by atoms with Crippen LogP contribution >= 0.6 is 0 Å². The average Bonchev–Trinajstić information content (AvgIpc) is 2.84. The van der Waals surface area contributed by atoms with Gasteiger partial charge in [0.2, 0.25) is 5.09 Å². The molecule has 116 valence electrons. The summed E-state index contributed by atoms with van der Waals surface area (Å²) in [4.78, 5) is 0. The van der Waals surface area contributed by atoms with Crippen molar-refractivity contribution >= 4 is 10.0 Å². The van der Waals surface area contributed by atoms with Gasteiger partial charge in [-0.1, -0.05) is 0 Å². The van der Waals surface area contributed by atoms with Crippen molar-refractivity contribution in [2.45, 2.75) is 24.6 Å². The summed E-state index contributed by atoms with van der Waals surface area (Å²) < 4.78 is 41.6. The standard InChI is InChI=1S/C12H22N2O5S/c1-10(9-18-3)14-20(15,16)12-5-4-11(19-12)8-13-6-7-17-2/h4-5,10,13-14H,6-9H2,1-3H3. The third kappa shape index (κ3) is 5.59. The second-order valence-electron chi connectivity index (χ2n) is 4.37. The summed E-state index contributed by atoms with van der Waals surface area (Å²) in [5, 5.41) is 2.98. The normalized spacial score (nSPS) is 13.6. The van der Waals surface area contributed by atoms with E-state index in [9.17, 15) is 8.42 Å². The summed E-state index contributed by atoms with van der Waals surface area (Å²) in [6.07, 6.45) is 0. The van der Waals surface area contributed by atoms with Crippen LogP contribution in [0.15, 0.2) is 21.6 Å². The summed E-state index contributed by atoms with van der Waals surface area (Å²) in [6, 6.07) is 2.75. The molecule has 0 fully saturated rings. The minimum absolute atomic E-state index is 0.0935. The first-order valence-corrected chi connectivity index (χ1v) is 7.77. The molecule has 0 saturated heterocycles. The fraction of sp³-hybridized carbons (Fsp3) is 0.667. The lowest BCUT2D eigenvalue weighted by molar-refractivity contribution is 0.180. The topological polar surface area (TPSA) is 89.8 Å². The molecule has 0 aliphatic rings. The number of methoxy groups -OCH3 is 2. The molecule has 1 aromatic rings. The average molecular weight is 306 g/mol. The van der Waals surface area contributed by atoms with E-state index < -0.39 is 10.0 Å². The predicted octanol–water partition coefficient (Wildman–Crippen LogP) is 0.329. The lowest BCUT2D eigenvalue weighted by Crippen LogP contribution is -2.35. The molecule has 1 heterocycles. The number of ether oxygens (including phenoxy) is 2. The summed E-state index contributed by atoms with van der Waals surface area (Å²) >= 11 is 0. The van der Waals surface area contributed by atoms with Crippen LogP contribution in [0.25, 0.3) is 0 Å². The van der Waals surface area contributed by atoms with E-state index in [4.69, 9.17) is 13.9 Å². The van der Waals surface area contributed by atoms with Crippen molar-refractivity contribution in [2.75, 3.05) is 34.0 Å². The maximum atomic E-state index is 12.0. The van der Waals surface area contributed by atoms with E-state index in [1.165, 1.54) is 13.2 Å². The van der Waals surface area contributed by atoms with Crippen molar-refractivity contribution in [3.63, 3.8) is 0 Å². The molecule has 7 nitrogen and oxygen atoms in total. The molecule has 20 heavy (non-hydrogen) atoms. The molecule has 0 aromatic carbocycles. The zero-order valence-electron chi connectivity index (χ0n) is 12.0. The van der Waals surface area contributed by atoms with Gasteiger partial charge in [0.1, 0.15) is 5.76 Å². The molecule has 1 unspecified atom stereocenters. The Balaban J connectivity index is 2.56. The minimum Gasteiger partial charge on any atom is -0.447 e. The van der Waals surface area contributed by atoms with Crippen molar-refractivity contribution in [1.82, 2.24) is 10.0 Å². The highest BCUT2D eigenvalue weighted by molar-refractivity contribution is 7.89. The highest BCUT2D eigenvalue weighted by atomic mass is 32.2. The van der Waals surface area contributed by atoms with E-state index >= 15 is 0 Å². The van der Waals surface area contributed by atoms with Gasteiger partial charge in [0.25, 0.3) is 10.0 Å². The lowest BCUT2D eigenvalue weighted by Gasteiger charge is -2.11. The first-order valence-electron chi connectivity index (χ1n) is 6.29. The van der Waals surface area contributed by atoms with Gasteiger partial charge in [0, 0.05) is 26.8 Å². The summed E-state index contributed by atoms with van der Waals surface area (Å²) in [5.41, 5.74) is 0. The number of nitrogens with one attached hydrogen (secondary N) is 2. The van der Waals surface area contributed by atoms with E-state index in [-0.39, 0.29) is 11.1 Å². The molecule has 0 radical (unpaired) electrons. The van der Waals surface area contributed by atoms with Crippen LogP contribution in [0.4, 0.5) is 0 Å². The number of furan rings is 1. The van der Waals surface area contributed by atoms with Crippen LogP contribution in [0.3, 0.4) is 0 Å². The Morgan fingerprint density at radius 1 is 1.30 bits per heavy atom. The molecule has 0 aliphatic heterocycles. The Kier molecular flexibility index (Phi) is 7.17. The smallest absolute Gasteiger partial charge is 0.274 e. The van der Waals surface area contributed by atoms with Gasteiger partial charge in [-0.25, -0.2) is 13.1 Å². The maximum Gasteiger partial charge on any atom is 0.274 e. The van der Waals surface area contributed by atoms with E-state index in [0.29, 0.717) is 32.1 Å². The minimum atomic E-state index is -3.65. The van der Waals surface area contributed by atoms with Gasteiger partial charge in [0.15, 0.2) is 0 Å². The van der Waals surface area contributed by atoms with Gasteiger partial charge in [-0.2, -0.15) is 0 Å². The molecule has 0 saturated carbocycles. The van der Waals surface area contributed by atoms with Crippen LogP contribution in [0.1, 0.15) is 12.7 Å². The van der Waals surface area contributed by atoms with Crippen molar-refractivity contribution in [2.24, 2.45) is 0 Å². The number of sulfonamides is 1. The van der Waals surface area contributed by atoms with Gasteiger partial charge >= 0.3 is 0 Å². The SMILES string of the molecule is COCCNCc1ccc(S(=O)(=O)NC(C)COC)o1. The van der Waals surface area contributed by atoms with Gasteiger partial charge in [-0.15, -0.1) is 0 Å². The second-order valence-corrected chi connectivity index (χ2v) is 6.01. The predicted molar refractivity (Wildman–Crippen MR) is 74.0 cm³/mol. The Bertz CT molecular complexity index is 486. The zero-order chi connectivity index (χ0) is 15.0. The molecule has 0 amide bonds. The molecule has 8 heteroatoms. The van der Waals surface area contributed by atoms with Gasteiger partial charge in [-0.3, -0.25) is 0 Å². The van der Waals surface area contributed by atoms with Crippen LogP contribution in [-0.2, 0) is 26.0 Å². The zero-order valence-corrected chi connectivity index (χ0v) is 12.8. The molecule has 0 spiro atoms. The Hall–Kier alpha value is -0.930. The third-order valence-electron chi connectivity index (χ3n) is 2.46. The monoisotopic (exact) mass is 306 g/mol. The van der Waals surface area contributed by atoms with Crippen LogP contribution in [0.5, 0.6) is 0 Å². The maximum absolute atomic E-state index is 12.0. The summed E-state index contributed by atoms with van der Waals surface area (Å²) in [5.74, 6) is 0.556. The summed E-state index contributed by atoms with van der Waals surface area (Å²) in [6.45, 7) is 3.72. The van der Waals surface area contributed by atoms with Crippen molar-refractivity contribution < 1.29 is 22.3 Å². The third-order valence-corrected chi connectivity index (χ3v) is 3.92. The Morgan fingerprint density at radius 2 is 2.05 bits per heavy atom.